The molecule has 3 N–H and O–H groups in total. The van der Waals surface area contributed by atoms with Gasteiger partial charge in [0.05, 0.1) is 5.56 Å². The Labute approximate surface area is 133 Å². The molecule has 1 rings (SSSR count). The molecule has 0 heterocycles. The quantitative estimate of drug-likeness (QED) is 0.684. The van der Waals surface area contributed by atoms with Crippen molar-refractivity contribution in [3.05, 3.63) is 33.8 Å². The van der Waals surface area contributed by atoms with Gasteiger partial charge in [0.15, 0.2) is 0 Å². The lowest BCUT2D eigenvalue weighted by Gasteiger charge is -2.20. The maximum absolute atomic E-state index is 11.6. The van der Waals surface area contributed by atoms with Crippen molar-refractivity contribution >= 4 is 27.8 Å². The molecule has 0 radical (unpaired) electrons. The van der Waals surface area contributed by atoms with Crippen molar-refractivity contribution in [1.29, 1.82) is 0 Å². The van der Waals surface area contributed by atoms with Gasteiger partial charge in [0.2, 0.25) is 5.91 Å². The Balaban J connectivity index is 2.40. The summed E-state index contributed by atoms with van der Waals surface area (Å²) in [6, 6.07) is 4.90. The molecule has 0 unspecified atom stereocenters. The van der Waals surface area contributed by atoms with Crippen molar-refractivity contribution in [2.75, 3.05) is 6.54 Å². The monoisotopic (exact) mass is 356 g/mol. The molecule has 0 atom stereocenters. The van der Waals surface area contributed by atoms with E-state index in [-0.39, 0.29) is 17.0 Å². The van der Waals surface area contributed by atoms with Gasteiger partial charge >= 0.3 is 5.97 Å². The van der Waals surface area contributed by atoms with Gasteiger partial charge in [-0.1, -0.05) is 22.0 Å². The van der Waals surface area contributed by atoms with Crippen LogP contribution >= 0.6 is 15.9 Å². The van der Waals surface area contributed by atoms with E-state index < -0.39 is 5.97 Å². The second-order valence-corrected chi connectivity index (χ2v) is 6.69. The van der Waals surface area contributed by atoms with E-state index >= 15 is 0 Å². The molecule has 0 fully saturated rings. The van der Waals surface area contributed by atoms with Crippen LogP contribution in [0.25, 0.3) is 0 Å². The maximum Gasteiger partial charge on any atom is 0.335 e. The number of rotatable bonds is 6. The van der Waals surface area contributed by atoms with E-state index in [2.05, 4.69) is 26.6 Å². The molecule has 116 valence electrons. The van der Waals surface area contributed by atoms with Crippen LogP contribution in [0.15, 0.2) is 22.7 Å². The van der Waals surface area contributed by atoms with Gasteiger partial charge in [-0.3, -0.25) is 4.79 Å². The Morgan fingerprint density at radius 1 is 1.29 bits per heavy atom. The highest BCUT2D eigenvalue weighted by Gasteiger charge is 2.13. The van der Waals surface area contributed by atoms with Gasteiger partial charge in [-0.05, 0) is 38.5 Å². The minimum absolute atomic E-state index is 0.00953. The Bertz CT molecular complexity index is 524. The molecule has 0 aliphatic carbocycles. The third-order valence-corrected chi connectivity index (χ3v) is 3.40. The van der Waals surface area contributed by atoms with Gasteiger partial charge in [-0.25, -0.2) is 4.79 Å². The van der Waals surface area contributed by atoms with E-state index in [1.165, 1.54) is 0 Å². The molecule has 0 bridgehead atoms. The number of carboxylic acid groups (broad SMARTS) is 1. The first-order chi connectivity index (χ1) is 9.69. The van der Waals surface area contributed by atoms with E-state index in [0.29, 0.717) is 19.5 Å². The smallest absolute Gasteiger partial charge is 0.335 e. The minimum Gasteiger partial charge on any atom is -0.478 e. The number of halogens is 1. The van der Waals surface area contributed by atoms with E-state index in [0.717, 1.165) is 10.0 Å². The zero-order valence-corrected chi connectivity index (χ0v) is 14.1. The summed E-state index contributed by atoms with van der Waals surface area (Å²) < 4.78 is 0.744. The number of hydrogen-bond donors (Lipinski definition) is 3. The number of nitrogens with one attached hydrogen (secondary N) is 2. The lowest BCUT2D eigenvalue weighted by atomic mass is 10.1. The van der Waals surface area contributed by atoms with Crippen molar-refractivity contribution in [2.24, 2.45) is 0 Å². The van der Waals surface area contributed by atoms with Gasteiger partial charge in [-0.15, -0.1) is 0 Å². The number of amides is 1. The molecule has 0 spiro atoms. The normalized spacial score (nSPS) is 11.2. The summed E-state index contributed by atoms with van der Waals surface area (Å²) in [5, 5.41) is 15.0. The average molecular weight is 357 g/mol. The van der Waals surface area contributed by atoms with Crippen LogP contribution in [-0.2, 0) is 11.3 Å². The Morgan fingerprint density at radius 3 is 2.48 bits per heavy atom. The van der Waals surface area contributed by atoms with E-state index in [9.17, 15) is 9.59 Å². The van der Waals surface area contributed by atoms with Gasteiger partial charge in [-0.2, -0.15) is 0 Å². The minimum atomic E-state index is -0.950. The van der Waals surface area contributed by atoms with Crippen LogP contribution in [0, 0.1) is 0 Å². The van der Waals surface area contributed by atoms with Gasteiger partial charge in [0.1, 0.15) is 0 Å². The van der Waals surface area contributed by atoms with Crippen LogP contribution in [0.5, 0.6) is 0 Å². The fourth-order valence-electron chi connectivity index (χ4n) is 1.73. The molecule has 0 aliphatic rings. The Morgan fingerprint density at radius 2 is 1.95 bits per heavy atom. The topological polar surface area (TPSA) is 78.4 Å². The lowest BCUT2D eigenvalue weighted by molar-refractivity contribution is -0.122. The second kappa shape index (κ2) is 7.56. The van der Waals surface area contributed by atoms with Gasteiger partial charge in [0.25, 0.3) is 0 Å². The molecule has 6 heteroatoms. The zero-order chi connectivity index (χ0) is 16.0. The van der Waals surface area contributed by atoms with Gasteiger partial charge < -0.3 is 15.7 Å². The molecule has 0 aromatic heterocycles. The molecule has 1 amide bonds. The summed E-state index contributed by atoms with van der Waals surface area (Å²) in [7, 11) is 0. The van der Waals surface area contributed by atoms with Gasteiger partial charge in [0, 0.05) is 29.5 Å². The van der Waals surface area contributed by atoms with Crippen LogP contribution in [-0.4, -0.2) is 29.1 Å². The summed E-state index contributed by atoms with van der Waals surface area (Å²) in [5.74, 6) is -0.940. The summed E-state index contributed by atoms with van der Waals surface area (Å²) in [5.41, 5.74) is 0.985. The molecule has 0 saturated carbocycles. The first-order valence-electron chi connectivity index (χ1n) is 6.72. The standard InChI is InChI=1S/C15H21BrN2O3/c1-15(2,3)18-13(19)6-7-17-9-11-5-4-10(14(20)21)8-12(11)16/h4-5,8,17H,6-7,9H2,1-3H3,(H,18,19)(H,20,21). The lowest BCUT2D eigenvalue weighted by Crippen LogP contribution is -2.41. The third-order valence-electron chi connectivity index (χ3n) is 2.66. The molecule has 1 aromatic rings. The first kappa shape index (κ1) is 17.7. The number of carbonyl (C=O) groups excluding carboxylic acids is 1. The van der Waals surface area contributed by atoms with Crippen LogP contribution < -0.4 is 10.6 Å². The van der Waals surface area contributed by atoms with Crippen molar-refractivity contribution < 1.29 is 14.7 Å². The van der Waals surface area contributed by atoms with Crippen LogP contribution in [0.2, 0.25) is 0 Å². The Hall–Kier alpha value is -1.40. The average Bonchev–Trinajstić information content (AvgIpc) is 2.33. The number of carboxylic acids is 1. The molecule has 0 saturated heterocycles. The molecule has 21 heavy (non-hydrogen) atoms. The highest BCUT2D eigenvalue weighted by atomic mass is 79.9. The summed E-state index contributed by atoms with van der Waals surface area (Å²) in [4.78, 5) is 22.5. The number of hydrogen-bond acceptors (Lipinski definition) is 3. The maximum atomic E-state index is 11.6. The van der Waals surface area contributed by atoms with Crippen molar-refractivity contribution in [2.45, 2.75) is 39.3 Å². The second-order valence-electron chi connectivity index (χ2n) is 5.84. The van der Waals surface area contributed by atoms with Crippen molar-refractivity contribution in [1.82, 2.24) is 10.6 Å². The number of aromatic carboxylic acids is 1. The molecule has 0 aliphatic heterocycles. The van der Waals surface area contributed by atoms with Crippen LogP contribution in [0.1, 0.15) is 43.1 Å². The predicted octanol–water partition coefficient (Wildman–Crippen LogP) is 2.54. The van der Waals surface area contributed by atoms with Crippen LogP contribution in [0.3, 0.4) is 0 Å². The molecular formula is C15H21BrN2O3. The first-order valence-corrected chi connectivity index (χ1v) is 7.52. The van der Waals surface area contributed by atoms with Crippen LogP contribution in [0.4, 0.5) is 0 Å². The SMILES string of the molecule is CC(C)(C)NC(=O)CCNCc1ccc(C(=O)O)cc1Br. The third kappa shape index (κ3) is 6.73. The summed E-state index contributed by atoms with van der Waals surface area (Å²) in [6.07, 6.45) is 0.405. The highest BCUT2D eigenvalue weighted by molar-refractivity contribution is 9.10. The zero-order valence-electron chi connectivity index (χ0n) is 12.5. The number of carbonyl (C=O) groups is 2. The van der Waals surface area contributed by atoms with E-state index in [4.69, 9.17) is 5.11 Å². The van der Waals surface area contributed by atoms with Crippen molar-refractivity contribution in [3.8, 4) is 0 Å². The molecule has 5 nitrogen and oxygen atoms in total. The largest absolute Gasteiger partial charge is 0.478 e. The number of benzene rings is 1. The Kier molecular flexibility index (Phi) is 6.36. The van der Waals surface area contributed by atoms with Crippen molar-refractivity contribution in [3.63, 3.8) is 0 Å². The fraction of sp³-hybridized carbons (Fsp3) is 0.467. The fourth-order valence-corrected chi connectivity index (χ4v) is 2.25. The van der Waals surface area contributed by atoms with E-state index in [1.807, 2.05) is 20.8 Å². The summed E-state index contributed by atoms with van der Waals surface area (Å²) >= 11 is 3.35. The molecular weight excluding hydrogens is 336 g/mol. The highest BCUT2D eigenvalue weighted by Crippen LogP contribution is 2.18. The molecule has 1 aromatic carbocycles. The summed E-state index contributed by atoms with van der Waals surface area (Å²) in [6.45, 7) is 6.97. The van der Waals surface area contributed by atoms with E-state index in [1.54, 1.807) is 18.2 Å². The predicted molar refractivity (Wildman–Crippen MR) is 85.3 cm³/mol.